The fourth-order valence-corrected chi connectivity index (χ4v) is 9.19. The van der Waals surface area contributed by atoms with E-state index in [0.717, 1.165) is 21.9 Å². The van der Waals surface area contributed by atoms with Crippen molar-refractivity contribution in [2.24, 2.45) is 0 Å². The van der Waals surface area contributed by atoms with Crippen LogP contribution in [-0.4, -0.2) is 38.3 Å². The number of hydrogen-bond acceptors (Lipinski definition) is 12. The molecule has 0 aromatic heterocycles. The molecule has 0 fully saturated rings. The molecule has 0 spiro atoms. The predicted molar refractivity (Wildman–Crippen MR) is 285 cm³/mol. The van der Waals surface area contributed by atoms with Crippen LogP contribution < -0.4 is 27.7 Å². The first-order valence-electron chi connectivity index (χ1n) is 22.9. The van der Waals surface area contributed by atoms with Gasteiger partial charge in [-0.25, -0.2) is 14.4 Å². The molecule has 0 amide bonds. The summed E-state index contributed by atoms with van der Waals surface area (Å²) in [5, 5.41) is 48.7. The Kier molecular flexibility index (Phi) is 12.4. The Balaban J connectivity index is 0.000000128. The zero-order chi connectivity index (χ0) is 52.7. The Morgan fingerprint density at radius 3 is 1.13 bits per heavy atom. The number of phenols is 1. The number of rotatable bonds is 6. The van der Waals surface area contributed by atoms with E-state index >= 15 is 0 Å². The Morgan fingerprint density at radius 2 is 0.733 bits per heavy atom. The number of fused-ring (bicyclic) bond motifs is 6. The lowest BCUT2D eigenvalue weighted by atomic mass is 9.91. The Hall–Kier alpha value is -10.8. The highest BCUT2D eigenvalue weighted by Crippen LogP contribution is 2.44. The molecular formula is C60H39N3O12. The van der Waals surface area contributed by atoms with Gasteiger partial charge < -0.3 is 50.6 Å². The van der Waals surface area contributed by atoms with Gasteiger partial charge in [0.25, 0.3) is 0 Å². The molecule has 15 heteroatoms. The molecule has 6 aliphatic rings. The van der Waals surface area contributed by atoms with Gasteiger partial charge in [0, 0.05) is 97.3 Å². The van der Waals surface area contributed by atoms with Crippen molar-refractivity contribution in [3.8, 4) is 73.1 Å². The Labute approximate surface area is 423 Å². The van der Waals surface area contributed by atoms with Gasteiger partial charge in [-0.1, -0.05) is 54.6 Å². The van der Waals surface area contributed by atoms with Gasteiger partial charge in [-0.15, -0.1) is 0 Å². The second-order valence-electron chi connectivity index (χ2n) is 17.2. The van der Waals surface area contributed by atoms with Crippen molar-refractivity contribution in [2.45, 2.75) is 0 Å². The van der Waals surface area contributed by atoms with Crippen molar-refractivity contribution in [2.75, 3.05) is 11.5 Å². The zero-order valence-electron chi connectivity index (χ0n) is 39.0. The van der Waals surface area contributed by atoms with E-state index in [2.05, 4.69) is 0 Å². The molecule has 0 saturated carbocycles. The van der Waals surface area contributed by atoms with Crippen LogP contribution in [0, 0.1) is 5.41 Å². The standard InChI is InChI=1S/C20H14N2O3.C20H13NO4.C20H12O5/c3*21-11-5-7-15-17(9-11)25-18-10-12(22)6-8-16(18)19(15)13-3-1-2-4-14(13)20(23)24/h1-10,21H,22H2,(H,23,24);1-10H,21H2,(H,23,24);1-10,21H,(H,23,24). The third-order valence-corrected chi connectivity index (χ3v) is 12.4. The number of benzene rings is 9. The van der Waals surface area contributed by atoms with Crippen molar-refractivity contribution in [1.29, 1.82) is 5.41 Å². The van der Waals surface area contributed by atoms with Crippen LogP contribution in [0.15, 0.2) is 205 Å². The van der Waals surface area contributed by atoms with E-state index in [1.807, 2.05) is 6.07 Å². The molecule has 0 radical (unpaired) electrons. The largest absolute Gasteiger partial charge is 0.508 e. The van der Waals surface area contributed by atoms with Crippen LogP contribution in [-0.2, 0) is 0 Å². The van der Waals surface area contributed by atoms with Crippen LogP contribution in [0.3, 0.4) is 0 Å². The number of aromatic hydroxyl groups is 1. The minimum absolute atomic E-state index is 0.0198. The lowest BCUT2D eigenvalue weighted by molar-refractivity contribution is 0.0687. The summed E-state index contributed by atoms with van der Waals surface area (Å²) in [6.45, 7) is 0. The van der Waals surface area contributed by atoms with Crippen molar-refractivity contribution >= 4 is 62.2 Å². The molecule has 0 unspecified atom stereocenters. The van der Waals surface area contributed by atoms with E-state index in [1.165, 1.54) is 42.5 Å². The van der Waals surface area contributed by atoms with E-state index in [1.54, 1.807) is 133 Å². The summed E-state index contributed by atoms with van der Waals surface area (Å²) in [6, 6.07) is 49.4. The molecule has 12 rings (SSSR count). The highest BCUT2D eigenvalue weighted by atomic mass is 16.4. The first kappa shape index (κ1) is 47.9. The van der Waals surface area contributed by atoms with E-state index in [-0.39, 0.29) is 33.3 Å². The number of aromatic carboxylic acids is 3. The van der Waals surface area contributed by atoms with Crippen LogP contribution in [0.25, 0.3) is 100 Å². The molecule has 0 saturated heterocycles. The predicted octanol–water partition coefficient (Wildman–Crippen LogP) is 11.8. The zero-order valence-corrected chi connectivity index (χ0v) is 39.0. The van der Waals surface area contributed by atoms with Crippen molar-refractivity contribution in [3.05, 3.63) is 224 Å². The Morgan fingerprint density at radius 1 is 0.387 bits per heavy atom. The second kappa shape index (κ2) is 19.4. The number of hydrogen-bond donors (Lipinski definition) is 7. The summed E-state index contributed by atoms with van der Waals surface area (Å²) in [7, 11) is 0. The molecule has 75 heavy (non-hydrogen) atoms. The second-order valence-corrected chi connectivity index (χ2v) is 17.2. The van der Waals surface area contributed by atoms with Crippen molar-refractivity contribution < 1.29 is 48.1 Å². The third-order valence-electron chi connectivity index (χ3n) is 12.4. The average Bonchev–Trinajstić information content (AvgIpc) is 3.39. The SMILES string of the molecule is N=c1ccc2c(-c3ccccc3C(=O)O)c3ccc(N)cc3oc-2c1.Nc1ccc2c(-c3ccccc3C(=O)O)c3ccc(=O)cc-3oc2c1.O=C(O)c1ccccc1-c1c2ccc(=O)cc-2oc2cc(O)ccc12. The number of anilines is 2. The monoisotopic (exact) mass is 993 g/mol. The van der Waals surface area contributed by atoms with Crippen LogP contribution in [0.2, 0.25) is 0 Å². The number of nitrogens with one attached hydrogen (secondary N) is 1. The van der Waals surface area contributed by atoms with Gasteiger partial charge in [0.15, 0.2) is 10.9 Å². The van der Waals surface area contributed by atoms with Crippen molar-refractivity contribution in [1.82, 2.24) is 0 Å². The molecule has 9 N–H and O–H groups in total. The van der Waals surface area contributed by atoms with Crippen LogP contribution in [0.5, 0.6) is 5.75 Å². The number of carboxylic acid groups (broad SMARTS) is 3. The number of carbonyl (C=O) groups is 3. The average molecular weight is 994 g/mol. The van der Waals surface area contributed by atoms with E-state index in [4.69, 9.17) is 30.1 Å². The molecule has 15 nitrogen and oxygen atoms in total. The lowest BCUT2D eigenvalue weighted by Crippen LogP contribution is -2.03. The quantitative estimate of drug-likeness (QED) is 0.0603. The summed E-state index contributed by atoms with van der Waals surface area (Å²) in [6.07, 6.45) is 0. The molecule has 0 atom stereocenters. The number of phenolic OH excluding ortho intramolecular Hbond substituents is 1. The Bertz CT molecular complexity index is 3920. The number of nitrogen functional groups attached to an aromatic ring is 2. The summed E-state index contributed by atoms with van der Waals surface area (Å²) in [5.74, 6) is -1.80. The summed E-state index contributed by atoms with van der Waals surface area (Å²) in [4.78, 5) is 58.5. The third kappa shape index (κ3) is 9.22. The molecule has 3 aliphatic heterocycles. The molecular weight excluding hydrogens is 955 g/mol. The number of carboxylic acids is 3. The van der Waals surface area contributed by atoms with Gasteiger partial charge >= 0.3 is 17.9 Å². The van der Waals surface area contributed by atoms with Gasteiger partial charge in [0.2, 0.25) is 0 Å². The first-order valence-corrected chi connectivity index (χ1v) is 22.9. The van der Waals surface area contributed by atoms with Gasteiger partial charge in [-0.3, -0.25) is 9.59 Å². The maximum absolute atomic E-state index is 11.7. The normalized spacial score (nSPS) is 11.0. The van der Waals surface area contributed by atoms with Crippen LogP contribution in [0.4, 0.5) is 11.4 Å². The van der Waals surface area contributed by atoms with Gasteiger partial charge in [-0.2, -0.15) is 0 Å². The fraction of sp³-hybridized carbons (Fsp3) is 0. The summed E-state index contributed by atoms with van der Waals surface area (Å²) >= 11 is 0. The first-order chi connectivity index (χ1) is 36.1. The molecule has 3 heterocycles. The molecule has 3 aliphatic carbocycles. The molecule has 6 aromatic rings. The minimum atomic E-state index is -1.04. The summed E-state index contributed by atoms with van der Waals surface area (Å²) < 4.78 is 17.5. The fourth-order valence-electron chi connectivity index (χ4n) is 9.19. The summed E-state index contributed by atoms with van der Waals surface area (Å²) in [5.41, 5.74) is 20.2. The molecule has 366 valence electrons. The lowest BCUT2D eigenvalue weighted by Gasteiger charge is -2.16. The van der Waals surface area contributed by atoms with Gasteiger partial charge in [-0.05, 0) is 108 Å². The van der Waals surface area contributed by atoms with E-state index < -0.39 is 17.9 Å². The number of nitrogens with two attached hydrogens (primary N) is 2. The highest BCUT2D eigenvalue weighted by Gasteiger charge is 2.24. The van der Waals surface area contributed by atoms with Crippen molar-refractivity contribution in [3.63, 3.8) is 0 Å². The van der Waals surface area contributed by atoms with E-state index in [0.29, 0.717) is 95.1 Å². The van der Waals surface area contributed by atoms with E-state index in [9.17, 15) is 44.4 Å². The topological polar surface area (TPSA) is 282 Å². The maximum atomic E-state index is 11.7. The highest BCUT2D eigenvalue weighted by molar-refractivity contribution is 6.10. The minimum Gasteiger partial charge on any atom is -0.508 e. The molecule has 0 bridgehead atoms. The van der Waals surface area contributed by atoms with Gasteiger partial charge in [0.05, 0.1) is 22.0 Å². The maximum Gasteiger partial charge on any atom is 0.336 e. The van der Waals surface area contributed by atoms with Crippen LogP contribution >= 0.6 is 0 Å². The molecule has 6 aromatic carbocycles. The van der Waals surface area contributed by atoms with Crippen LogP contribution in [0.1, 0.15) is 31.1 Å². The smallest absolute Gasteiger partial charge is 0.336 e. The van der Waals surface area contributed by atoms with Gasteiger partial charge in [0.1, 0.15) is 39.8 Å².